The van der Waals surface area contributed by atoms with E-state index < -0.39 is 10.0 Å². The summed E-state index contributed by atoms with van der Waals surface area (Å²) in [6, 6.07) is 8.70. The molecule has 2 rings (SSSR count). The van der Waals surface area contributed by atoms with Crippen molar-refractivity contribution >= 4 is 10.0 Å². The summed E-state index contributed by atoms with van der Waals surface area (Å²) in [5.74, 6) is 0. The summed E-state index contributed by atoms with van der Waals surface area (Å²) < 4.78 is 26.5. The van der Waals surface area contributed by atoms with E-state index in [0.717, 1.165) is 19.5 Å². The fourth-order valence-corrected chi connectivity index (χ4v) is 3.76. The Kier molecular flexibility index (Phi) is 3.81. The fourth-order valence-electron chi connectivity index (χ4n) is 2.07. The quantitative estimate of drug-likeness (QED) is 0.858. The van der Waals surface area contributed by atoms with E-state index >= 15 is 0 Å². The van der Waals surface area contributed by atoms with Crippen LogP contribution in [0.2, 0.25) is 0 Å². The smallest absolute Gasteiger partial charge is 0.243 e. The van der Waals surface area contributed by atoms with E-state index in [-0.39, 0.29) is 6.04 Å². The number of rotatable bonds is 2. The summed E-state index contributed by atoms with van der Waals surface area (Å²) in [6.45, 7) is 4.10. The van der Waals surface area contributed by atoms with E-state index in [1.807, 2.05) is 13.0 Å². The summed E-state index contributed by atoms with van der Waals surface area (Å²) in [5, 5.41) is 3.23. The zero-order valence-electron chi connectivity index (χ0n) is 9.96. The van der Waals surface area contributed by atoms with E-state index in [1.165, 1.54) is 0 Å². The second-order valence-corrected chi connectivity index (χ2v) is 6.21. The lowest BCUT2D eigenvalue weighted by Gasteiger charge is -2.25. The zero-order chi connectivity index (χ0) is 12.3. The number of hydrogen-bond donors (Lipinski definition) is 1. The molecule has 1 unspecified atom stereocenters. The third-order valence-corrected chi connectivity index (χ3v) is 5.12. The van der Waals surface area contributed by atoms with Crippen molar-refractivity contribution in [1.29, 1.82) is 0 Å². The maximum Gasteiger partial charge on any atom is 0.243 e. The minimum absolute atomic E-state index is 0.0511. The van der Waals surface area contributed by atoms with Gasteiger partial charge in [0.1, 0.15) is 0 Å². The van der Waals surface area contributed by atoms with E-state index in [0.29, 0.717) is 11.4 Å². The van der Waals surface area contributed by atoms with Gasteiger partial charge in [-0.05, 0) is 32.0 Å². The summed E-state index contributed by atoms with van der Waals surface area (Å²) in [4.78, 5) is 0.383. The first-order valence-electron chi connectivity index (χ1n) is 5.90. The molecule has 0 spiro atoms. The predicted octanol–water partition coefficient (Wildman–Crippen LogP) is 1.06. The molecule has 94 valence electrons. The molecular weight excluding hydrogens is 236 g/mol. The maximum absolute atomic E-state index is 12.4. The normalized spacial score (nSPS) is 23.2. The van der Waals surface area contributed by atoms with E-state index in [4.69, 9.17) is 0 Å². The van der Waals surface area contributed by atoms with Gasteiger partial charge in [0.2, 0.25) is 10.0 Å². The first-order valence-corrected chi connectivity index (χ1v) is 7.34. The van der Waals surface area contributed by atoms with Gasteiger partial charge in [0, 0.05) is 19.1 Å². The highest BCUT2D eigenvalue weighted by atomic mass is 32.2. The molecule has 1 aromatic rings. The van der Waals surface area contributed by atoms with Gasteiger partial charge in [-0.2, -0.15) is 4.31 Å². The van der Waals surface area contributed by atoms with Crippen LogP contribution in [0.1, 0.15) is 13.3 Å². The number of nitrogens with one attached hydrogen (secondary N) is 1. The van der Waals surface area contributed by atoms with E-state index in [9.17, 15) is 8.42 Å². The van der Waals surface area contributed by atoms with Crippen LogP contribution in [-0.2, 0) is 10.0 Å². The lowest BCUT2D eigenvalue weighted by molar-refractivity contribution is 0.350. The number of nitrogens with zero attached hydrogens (tertiary/aromatic N) is 1. The molecule has 1 atom stereocenters. The monoisotopic (exact) mass is 254 g/mol. The third kappa shape index (κ3) is 2.68. The molecule has 0 radical (unpaired) electrons. The van der Waals surface area contributed by atoms with Crippen LogP contribution in [0.3, 0.4) is 0 Å². The average Bonchev–Trinajstić information content (AvgIpc) is 2.55. The predicted molar refractivity (Wildman–Crippen MR) is 67.3 cm³/mol. The number of hydrogen-bond acceptors (Lipinski definition) is 3. The van der Waals surface area contributed by atoms with Crippen molar-refractivity contribution in [2.45, 2.75) is 24.3 Å². The van der Waals surface area contributed by atoms with Gasteiger partial charge in [-0.15, -0.1) is 0 Å². The Labute approximate surface area is 103 Å². The third-order valence-electron chi connectivity index (χ3n) is 3.09. The molecule has 1 aromatic carbocycles. The molecule has 5 heteroatoms. The van der Waals surface area contributed by atoms with Crippen LogP contribution in [-0.4, -0.2) is 38.4 Å². The highest BCUT2D eigenvalue weighted by Crippen LogP contribution is 2.19. The van der Waals surface area contributed by atoms with Crippen LogP contribution in [0.5, 0.6) is 0 Å². The van der Waals surface area contributed by atoms with Crippen LogP contribution in [0.4, 0.5) is 0 Å². The summed E-state index contributed by atoms with van der Waals surface area (Å²) in [7, 11) is -3.34. The summed E-state index contributed by atoms with van der Waals surface area (Å²) in [6.07, 6.45) is 0.853. The average molecular weight is 254 g/mol. The molecule has 1 aliphatic rings. The molecule has 1 fully saturated rings. The molecular formula is C12H18N2O2S. The maximum atomic E-state index is 12.4. The fraction of sp³-hybridized carbons (Fsp3) is 0.500. The van der Waals surface area contributed by atoms with Crippen LogP contribution >= 0.6 is 0 Å². The molecule has 0 saturated carbocycles. The Morgan fingerprint density at radius 2 is 1.94 bits per heavy atom. The molecule has 1 aliphatic heterocycles. The van der Waals surface area contributed by atoms with Crippen LogP contribution in [0.25, 0.3) is 0 Å². The van der Waals surface area contributed by atoms with E-state index in [1.54, 1.807) is 28.6 Å². The Morgan fingerprint density at radius 1 is 1.24 bits per heavy atom. The molecule has 4 nitrogen and oxygen atoms in total. The highest BCUT2D eigenvalue weighted by molar-refractivity contribution is 7.89. The number of sulfonamides is 1. The molecule has 1 heterocycles. The topological polar surface area (TPSA) is 49.4 Å². The zero-order valence-corrected chi connectivity index (χ0v) is 10.8. The van der Waals surface area contributed by atoms with Crippen LogP contribution in [0, 0.1) is 0 Å². The standard InChI is InChI=1S/C12H18N2O2S/c1-11-7-8-13-9-10-14(11)17(15,16)12-5-3-2-4-6-12/h2-6,11,13H,7-10H2,1H3. The lowest BCUT2D eigenvalue weighted by Crippen LogP contribution is -2.39. The van der Waals surface area contributed by atoms with Gasteiger partial charge in [0.25, 0.3) is 0 Å². The van der Waals surface area contributed by atoms with Gasteiger partial charge in [-0.25, -0.2) is 8.42 Å². The Bertz CT molecular complexity index is 459. The Hall–Kier alpha value is -0.910. The van der Waals surface area contributed by atoms with Crippen LogP contribution < -0.4 is 5.32 Å². The van der Waals surface area contributed by atoms with Gasteiger partial charge in [0.15, 0.2) is 0 Å². The van der Waals surface area contributed by atoms with Crippen molar-refractivity contribution in [1.82, 2.24) is 9.62 Å². The molecule has 0 bridgehead atoms. The summed E-state index contributed by atoms with van der Waals surface area (Å²) in [5.41, 5.74) is 0. The van der Waals surface area contributed by atoms with E-state index in [2.05, 4.69) is 5.32 Å². The second-order valence-electron chi connectivity index (χ2n) is 4.32. The van der Waals surface area contributed by atoms with Crippen molar-refractivity contribution < 1.29 is 8.42 Å². The van der Waals surface area contributed by atoms with Crippen molar-refractivity contribution in [3.05, 3.63) is 30.3 Å². The number of benzene rings is 1. The molecule has 1 N–H and O–H groups in total. The van der Waals surface area contributed by atoms with Crippen molar-refractivity contribution in [2.24, 2.45) is 0 Å². The molecule has 0 aromatic heterocycles. The van der Waals surface area contributed by atoms with Crippen molar-refractivity contribution in [3.63, 3.8) is 0 Å². The van der Waals surface area contributed by atoms with Crippen molar-refractivity contribution in [3.8, 4) is 0 Å². The molecule has 17 heavy (non-hydrogen) atoms. The van der Waals surface area contributed by atoms with Gasteiger partial charge < -0.3 is 5.32 Å². The van der Waals surface area contributed by atoms with Gasteiger partial charge in [-0.3, -0.25) is 0 Å². The molecule has 1 saturated heterocycles. The largest absolute Gasteiger partial charge is 0.315 e. The first kappa shape index (κ1) is 12.5. The minimum Gasteiger partial charge on any atom is -0.315 e. The Morgan fingerprint density at radius 3 is 2.65 bits per heavy atom. The van der Waals surface area contributed by atoms with Crippen molar-refractivity contribution in [2.75, 3.05) is 19.6 Å². The first-order chi connectivity index (χ1) is 8.12. The summed E-state index contributed by atoms with van der Waals surface area (Å²) >= 11 is 0. The Balaban J connectivity index is 2.31. The SMILES string of the molecule is CC1CCNCCN1S(=O)(=O)c1ccccc1. The van der Waals surface area contributed by atoms with Crippen LogP contribution in [0.15, 0.2) is 35.2 Å². The second kappa shape index (κ2) is 5.16. The van der Waals surface area contributed by atoms with Gasteiger partial charge in [0.05, 0.1) is 4.90 Å². The lowest BCUT2D eigenvalue weighted by atomic mass is 10.2. The van der Waals surface area contributed by atoms with Gasteiger partial charge >= 0.3 is 0 Å². The van der Waals surface area contributed by atoms with Gasteiger partial charge in [-0.1, -0.05) is 18.2 Å². The minimum atomic E-state index is -3.34. The molecule has 0 amide bonds. The highest BCUT2D eigenvalue weighted by Gasteiger charge is 2.29. The molecule has 0 aliphatic carbocycles.